The molecule has 0 spiro atoms. The summed E-state index contributed by atoms with van der Waals surface area (Å²) in [6.45, 7) is 1.48. The number of hydrogen-bond donors (Lipinski definition) is 1. The van der Waals surface area contributed by atoms with Gasteiger partial charge < -0.3 is 10.1 Å². The van der Waals surface area contributed by atoms with Crippen molar-refractivity contribution in [3.8, 4) is 17.0 Å². The maximum absolute atomic E-state index is 11.8. The first-order valence-electron chi connectivity index (χ1n) is 7.47. The Bertz CT molecular complexity index is 916. The number of benzene rings is 1. The molecule has 0 aliphatic heterocycles. The molecule has 0 atom stereocenters. The first-order valence-corrected chi connectivity index (χ1v) is 7.85. The zero-order valence-electron chi connectivity index (χ0n) is 13.7. The summed E-state index contributed by atoms with van der Waals surface area (Å²) in [7, 11) is 1.58. The van der Waals surface area contributed by atoms with Crippen LogP contribution in [0.4, 0.5) is 11.4 Å². The second-order valence-corrected chi connectivity index (χ2v) is 5.60. The Morgan fingerprint density at radius 1 is 1.16 bits per heavy atom. The summed E-state index contributed by atoms with van der Waals surface area (Å²) in [6.07, 6.45) is 6.33. The maximum atomic E-state index is 11.8. The van der Waals surface area contributed by atoms with Crippen LogP contribution >= 0.6 is 11.6 Å². The molecule has 0 aliphatic carbocycles. The molecule has 25 heavy (non-hydrogen) atoms. The van der Waals surface area contributed by atoms with Gasteiger partial charge in [-0.3, -0.25) is 14.8 Å². The predicted molar refractivity (Wildman–Crippen MR) is 96.6 cm³/mol. The van der Waals surface area contributed by atoms with Crippen molar-refractivity contribution in [1.29, 1.82) is 0 Å². The van der Waals surface area contributed by atoms with Gasteiger partial charge in [0.2, 0.25) is 0 Å². The summed E-state index contributed by atoms with van der Waals surface area (Å²) in [5.41, 5.74) is 3.14. The number of para-hydroxylation sites is 1. The summed E-state index contributed by atoms with van der Waals surface area (Å²) in [6, 6.07) is 7.20. The topological polar surface area (TPSA) is 77.0 Å². The Labute approximate surface area is 149 Å². The number of methoxy groups -OCH3 is 1. The van der Waals surface area contributed by atoms with E-state index < -0.39 is 0 Å². The van der Waals surface area contributed by atoms with Crippen LogP contribution in [0, 0.1) is 0 Å². The van der Waals surface area contributed by atoms with Crippen molar-refractivity contribution < 1.29 is 9.53 Å². The molecule has 0 fully saturated rings. The number of carbonyl (C=O) groups is 1. The van der Waals surface area contributed by atoms with Crippen LogP contribution in [0.1, 0.15) is 17.3 Å². The van der Waals surface area contributed by atoms with Crippen molar-refractivity contribution in [1.82, 2.24) is 15.0 Å². The van der Waals surface area contributed by atoms with E-state index in [1.165, 1.54) is 13.1 Å². The van der Waals surface area contributed by atoms with Crippen molar-refractivity contribution in [3.63, 3.8) is 0 Å². The number of pyridine rings is 1. The molecule has 0 bridgehead atoms. The van der Waals surface area contributed by atoms with Gasteiger partial charge in [0.05, 0.1) is 35.9 Å². The minimum atomic E-state index is -0.115. The number of Topliss-reactive ketones (excluding diaryl/α,β-unsaturated/α-hetero) is 1. The van der Waals surface area contributed by atoms with Crippen LogP contribution in [0.5, 0.6) is 5.75 Å². The van der Waals surface area contributed by atoms with E-state index in [0.717, 1.165) is 5.56 Å². The normalized spacial score (nSPS) is 10.4. The minimum absolute atomic E-state index is 0.115. The van der Waals surface area contributed by atoms with Gasteiger partial charge in [-0.15, -0.1) is 0 Å². The number of nitrogens with one attached hydrogen (secondary N) is 1. The smallest absolute Gasteiger partial charge is 0.163 e. The van der Waals surface area contributed by atoms with Crippen molar-refractivity contribution in [2.75, 3.05) is 12.4 Å². The van der Waals surface area contributed by atoms with E-state index in [0.29, 0.717) is 28.4 Å². The molecule has 126 valence electrons. The molecule has 7 heteroatoms. The molecule has 0 saturated carbocycles. The highest BCUT2D eigenvalue weighted by Crippen LogP contribution is 2.37. The quantitative estimate of drug-likeness (QED) is 0.548. The molecule has 0 saturated heterocycles. The maximum Gasteiger partial charge on any atom is 0.163 e. The van der Waals surface area contributed by atoms with Gasteiger partial charge in [0, 0.05) is 24.2 Å². The van der Waals surface area contributed by atoms with E-state index in [2.05, 4.69) is 20.3 Å². The molecule has 2 heterocycles. The standard InChI is InChI=1S/C18H15ClN4O2/c1-11(24)13-9-22-17(19)8-15(13)23-14-5-3-4-12(18(14)25-2)16-10-20-6-7-21-16/h3-10H,1-2H3,(H,22,23). The van der Waals surface area contributed by atoms with Gasteiger partial charge in [0.15, 0.2) is 11.5 Å². The lowest BCUT2D eigenvalue weighted by molar-refractivity contribution is 0.101. The molecule has 3 aromatic rings. The fourth-order valence-corrected chi connectivity index (χ4v) is 2.61. The van der Waals surface area contributed by atoms with Gasteiger partial charge in [-0.05, 0) is 25.1 Å². The van der Waals surface area contributed by atoms with Crippen molar-refractivity contribution in [3.05, 3.63) is 59.8 Å². The van der Waals surface area contributed by atoms with Gasteiger partial charge in [0.25, 0.3) is 0 Å². The lowest BCUT2D eigenvalue weighted by Crippen LogP contribution is -2.03. The fraction of sp³-hybridized carbons (Fsp3) is 0.111. The second kappa shape index (κ2) is 7.27. The third-order valence-corrected chi connectivity index (χ3v) is 3.78. The number of nitrogens with zero attached hydrogens (tertiary/aromatic N) is 3. The van der Waals surface area contributed by atoms with Crippen LogP contribution in [0.15, 0.2) is 49.1 Å². The van der Waals surface area contributed by atoms with Crippen LogP contribution in [-0.2, 0) is 0 Å². The molecule has 0 radical (unpaired) electrons. The number of aromatic nitrogens is 3. The van der Waals surface area contributed by atoms with Gasteiger partial charge in [-0.2, -0.15) is 0 Å². The summed E-state index contributed by atoms with van der Waals surface area (Å²) in [5.74, 6) is 0.473. The Morgan fingerprint density at radius 3 is 2.68 bits per heavy atom. The van der Waals surface area contributed by atoms with Crippen LogP contribution in [0.3, 0.4) is 0 Å². The van der Waals surface area contributed by atoms with E-state index in [1.807, 2.05) is 18.2 Å². The summed E-state index contributed by atoms with van der Waals surface area (Å²) in [4.78, 5) is 24.2. The van der Waals surface area contributed by atoms with Gasteiger partial charge >= 0.3 is 0 Å². The number of ketones is 1. The third-order valence-electron chi connectivity index (χ3n) is 3.58. The number of halogens is 1. The van der Waals surface area contributed by atoms with E-state index in [1.54, 1.807) is 31.8 Å². The van der Waals surface area contributed by atoms with E-state index in [9.17, 15) is 4.79 Å². The fourth-order valence-electron chi connectivity index (χ4n) is 2.45. The molecule has 0 aliphatic rings. The van der Waals surface area contributed by atoms with Crippen LogP contribution in [0.25, 0.3) is 11.3 Å². The minimum Gasteiger partial charge on any atom is -0.494 e. The number of ether oxygens (including phenoxy) is 1. The van der Waals surface area contributed by atoms with Crippen LogP contribution in [-0.4, -0.2) is 27.8 Å². The largest absolute Gasteiger partial charge is 0.494 e. The molecular formula is C18H15ClN4O2. The highest BCUT2D eigenvalue weighted by atomic mass is 35.5. The highest BCUT2D eigenvalue weighted by molar-refractivity contribution is 6.29. The SMILES string of the molecule is COc1c(Nc2cc(Cl)ncc2C(C)=O)cccc1-c1cnccn1. The zero-order chi connectivity index (χ0) is 17.8. The Hall–Kier alpha value is -2.99. The monoisotopic (exact) mass is 354 g/mol. The second-order valence-electron chi connectivity index (χ2n) is 5.21. The van der Waals surface area contributed by atoms with Gasteiger partial charge in [-0.1, -0.05) is 17.7 Å². The van der Waals surface area contributed by atoms with Gasteiger partial charge in [-0.25, -0.2) is 4.98 Å². The average Bonchev–Trinajstić information content (AvgIpc) is 2.62. The number of carbonyl (C=O) groups excluding carboxylic acids is 1. The average molecular weight is 355 g/mol. The first-order chi connectivity index (χ1) is 12.1. The van der Waals surface area contributed by atoms with Gasteiger partial charge in [0.1, 0.15) is 5.15 Å². The molecule has 0 amide bonds. The Morgan fingerprint density at radius 2 is 2.00 bits per heavy atom. The number of rotatable bonds is 5. The zero-order valence-corrected chi connectivity index (χ0v) is 14.4. The molecule has 2 aromatic heterocycles. The first kappa shape index (κ1) is 16.9. The molecule has 3 rings (SSSR count). The summed E-state index contributed by atoms with van der Waals surface area (Å²) >= 11 is 5.98. The lowest BCUT2D eigenvalue weighted by atomic mass is 10.1. The summed E-state index contributed by atoms with van der Waals surface area (Å²) < 4.78 is 5.57. The van der Waals surface area contributed by atoms with E-state index in [-0.39, 0.29) is 10.9 Å². The Kier molecular flexibility index (Phi) is 4.90. The number of hydrogen-bond acceptors (Lipinski definition) is 6. The van der Waals surface area contributed by atoms with Crippen molar-refractivity contribution in [2.45, 2.75) is 6.92 Å². The lowest BCUT2D eigenvalue weighted by Gasteiger charge is -2.16. The van der Waals surface area contributed by atoms with Crippen LogP contribution in [0.2, 0.25) is 5.15 Å². The molecular weight excluding hydrogens is 340 g/mol. The van der Waals surface area contributed by atoms with Crippen molar-refractivity contribution in [2.24, 2.45) is 0 Å². The Balaban J connectivity index is 2.08. The van der Waals surface area contributed by atoms with E-state index >= 15 is 0 Å². The third kappa shape index (κ3) is 3.59. The van der Waals surface area contributed by atoms with E-state index in [4.69, 9.17) is 16.3 Å². The molecule has 0 unspecified atom stereocenters. The molecule has 1 N–H and O–H groups in total. The number of anilines is 2. The summed E-state index contributed by atoms with van der Waals surface area (Å²) in [5, 5.41) is 3.49. The van der Waals surface area contributed by atoms with Crippen molar-refractivity contribution >= 4 is 28.8 Å². The highest BCUT2D eigenvalue weighted by Gasteiger charge is 2.15. The molecule has 1 aromatic carbocycles. The van der Waals surface area contributed by atoms with Crippen LogP contribution < -0.4 is 10.1 Å². The predicted octanol–water partition coefficient (Wildman–Crippen LogP) is 4.15. The molecule has 6 nitrogen and oxygen atoms in total.